The van der Waals surface area contributed by atoms with Gasteiger partial charge in [0.1, 0.15) is 0 Å². The van der Waals surface area contributed by atoms with Gasteiger partial charge in [-0.25, -0.2) is 9.59 Å². The molecular formula is C21H18O7. The van der Waals surface area contributed by atoms with E-state index >= 15 is 0 Å². The number of carbonyl (C=O) groups is 2. The lowest BCUT2D eigenvalue weighted by molar-refractivity contribution is -0.132. The second-order valence-corrected chi connectivity index (χ2v) is 6.20. The maximum Gasteiger partial charge on any atom is 0.383 e. The first-order valence-corrected chi connectivity index (χ1v) is 8.59. The molecule has 0 unspecified atom stereocenters. The van der Waals surface area contributed by atoms with E-state index in [9.17, 15) is 14.4 Å². The Kier molecular flexibility index (Phi) is 5.44. The summed E-state index contributed by atoms with van der Waals surface area (Å²) in [4.78, 5) is 36.5. The quantitative estimate of drug-likeness (QED) is 0.490. The monoisotopic (exact) mass is 382 g/mol. The molecule has 0 amide bonds. The molecule has 2 aromatic carbocycles. The molecule has 0 aliphatic heterocycles. The van der Waals surface area contributed by atoms with E-state index in [1.165, 1.54) is 0 Å². The first-order chi connectivity index (χ1) is 13.4. The molecule has 0 radical (unpaired) electrons. The Bertz CT molecular complexity index is 1080. The number of hydrogen-bond acceptors (Lipinski definition) is 7. The van der Waals surface area contributed by atoms with E-state index in [-0.39, 0.29) is 28.4 Å². The summed E-state index contributed by atoms with van der Waals surface area (Å²) < 4.78 is 21.4. The molecule has 0 atom stereocenters. The van der Waals surface area contributed by atoms with Crippen LogP contribution in [0.3, 0.4) is 0 Å². The van der Waals surface area contributed by atoms with Crippen LogP contribution in [0.2, 0.25) is 0 Å². The van der Waals surface area contributed by atoms with Crippen LogP contribution in [0, 0.1) is 0 Å². The van der Waals surface area contributed by atoms with Crippen LogP contribution in [0.1, 0.15) is 31.1 Å². The van der Waals surface area contributed by atoms with Crippen LogP contribution in [0.5, 0.6) is 17.2 Å². The molecule has 3 aromatic rings. The molecule has 0 spiro atoms. The average Bonchev–Trinajstić information content (AvgIpc) is 2.65. The molecule has 0 aliphatic carbocycles. The first-order valence-electron chi connectivity index (χ1n) is 8.59. The average molecular weight is 382 g/mol. The van der Waals surface area contributed by atoms with Crippen molar-refractivity contribution in [2.24, 2.45) is 0 Å². The Labute approximate surface area is 160 Å². The van der Waals surface area contributed by atoms with Gasteiger partial charge in [0.25, 0.3) is 5.75 Å². The SMILES string of the molecule is CC(=O)Oc1c(OC(=O)c2ccccc2)c2cccc(OC(C)C)c2oc1=O. The van der Waals surface area contributed by atoms with Crippen LogP contribution < -0.4 is 19.8 Å². The molecule has 28 heavy (non-hydrogen) atoms. The normalized spacial score (nSPS) is 10.7. The Hall–Kier alpha value is -3.61. The van der Waals surface area contributed by atoms with Crippen molar-refractivity contribution >= 4 is 22.9 Å². The number of para-hydroxylation sites is 1. The van der Waals surface area contributed by atoms with Crippen molar-refractivity contribution in [1.29, 1.82) is 0 Å². The molecule has 144 valence electrons. The highest BCUT2D eigenvalue weighted by Crippen LogP contribution is 2.37. The summed E-state index contributed by atoms with van der Waals surface area (Å²) >= 11 is 0. The number of benzene rings is 2. The van der Waals surface area contributed by atoms with Gasteiger partial charge in [0.2, 0.25) is 0 Å². The molecule has 0 fully saturated rings. The third-order valence-electron chi connectivity index (χ3n) is 3.62. The van der Waals surface area contributed by atoms with E-state index in [4.69, 9.17) is 18.6 Å². The number of ether oxygens (including phenoxy) is 3. The van der Waals surface area contributed by atoms with Crippen LogP contribution in [0.25, 0.3) is 11.0 Å². The summed E-state index contributed by atoms with van der Waals surface area (Å²) in [6.07, 6.45) is -0.181. The fraction of sp³-hybridized carbons (Fsp3) is 0.190. The van der Waals surface area contributed by atoms with E-state index in [0.717, 1.165) is 6.92 Å². The molecule has 1 aromatic heterocycles. The Morgan fingerprint density at radius 3 is 2.29 bits per heavy atom. The van der Waals surface area contributed by atoms with Gasteiger partial charge >= 0.3 is 17.6 Å². The van der Waals surface area contributed by atoms with E-state index in [0.29, 0.717) is 5.75 Å². The zero-order valence-corrected chi connectivity index (χ0v) is 15.6. The van der Waals surface area contributed by atoms with Gasteiger partial charge in [-0.05, 0) is 38.1 Å². The van der Waals surface area contributed by atoms with Crippen molar-refractivity contribution in [3.05, 3.63) is 64.5 Å². The highest BCUT2D eigenvalue weighted by atomic mass is 16.6. The van der Waals surface area contributed by atoms with Crippen LogP contribution in [0.4, 0.5) is 0 Å². The van der Waals surface area contributed by atoms with Gasteiger partial charge in [-0.1, -0.05) is 24.3 Å². The zero-order valence-electron chi connectivity index (χ0n) is 15.6. The Morgan fingerprint density at radius 1 is 0.929 bits per heavy atom. The summed E-state index contributed by atoms with van der Waals surface area (Å²) in [5.74, 6) is -1.86. The van der Waals surface area contributed by atoms with Crippen LogP contribution in [-0.2, 0) is 4.79 Å². The van der Waals surface area contributed by atoms with Gasteiger partial charge < -0.3 is 18.6 Å². The lowest BCUT2D eigenvalue weighted by atomic mass is 10.2. The molecular weight excluding hydrogens is 364 g/mol. The van der Waals surface area contributed by atoms with Crippen molar-refractivity contribution in [1.82, 2.24) is 0 Å². The van der Waals surface area contributed by atoms with Gasteiger partial charge in [-0.3, -0.25) is 4.79 Å². The molecule has 0 bridgehead atoms. The standard InChI is InChI=1S/C21H18O7/c1-12(2)25-16-11-7-10-15-17(16)27-21(24)19(26-13(3)22)18(15)28-20(23)14-8-5-4-6-9-14/h4-12H,1-3H3. The Morgan fingerprint density at radius 2 is 1.64 bits per heavy atom. The molecule has 3 rings (SSSR count). The first kappa shape index (κ1) is 19.2. The highest BCUT2D eigenvalue weighted by molar-refractivity contribution is 5.97. The Balaban J connectivity index is 2.20. The molecule has 0 saturated heterocycles. The molecule has 7 heteroatoms. The third-order valence-corrected chi connectivity index (χ3v) is 3.62. The van der Waals surface area contributed by atoms with Crippen molar-refractivity contribution in [3.63, 3.8) is 0 Å². The van der Waals surface area contributed by atoms with E-state index < -0.39 is 23.3 Å². The van der Waals surface area contributed by atoms with Crippen molar-refractivity contribution < 1.29 is 28.2 Å². The maximum absolute atomic E-state index is 12.5. The summed E-state index contributed by atoms with van der Waals surface area (Å²) in [6.45, 7) is 4.77. The van der Waals surface area contributed by atoms with Crippen LogP contribution in [0.15, 0.2) is 57.7 Å². The fourth-order valence-corrected chi connectivity index (χ4v) is 2.56. The number of rotatable bonds is 5. The molecule has 0 N–H and O–H groups in total. The molecule has 7 nitrogen and oxygen atoms in total. The smallest absolute Gasteiger partial charge is 0.383 e. The fourth-order valence-electron chi connectivity index (χ4n) is 2.56. The van der Waals surface area contributed by atoms with Gasteiger partial charge in [0.15, 0.2) is 17.1 Å². The number of fused-ring (bicyclic) bond motifs is 1. The van der Waals surface area contributed by atoms with E-state index in [1.807, 2.05) is 13.8 Å². The molecule has 0 saturated carbocycles. The number of hydrogen-bond donors (Lipinski definition) is 0. The zero-order chi connectivity index (χ0) is 20.3. The van der Waals surface area contributed by atoms with Crippen molar-refractivity contribution in [2.45, 2.75) is 26.9 Å². The van der Waals surface area contributed by atoms with Gasteiger partial charge in [-0.2, -0.15) is 0 Å². The summed E-state index contributed by atoms with van der Waals surface area (Å²) in [5, 5.41) is 0.262. The summed E-state index contributed by atoms with van der Waals surface area (Å²) in [6, 6.07) is 13.1. The molecule has 1 heterocycles. The topological polar surface area (TPSA) is 92.0 Å². The van der Waals surface area contributed by atoms with Crippen molar-refractivity contribution in [3.8, 4) is 17.2 Å². The van der Waals surface area contributed by atoms with E-state index in [1.54, 1.807) is 48.5 Å². The predicted octanol–water partition coefficient (Wildman–Crippen LogP) is 3.72. The van der Waals surface area contributed by atoms with Crippen LogP contribution in [-0.4, -0.2) is 18.0 Å². The lowest BCUT2D eigenvalue weighted by Crippen LogP contribution is -2.16. The minimum absolute atomic E-state index is 0.0907. The van der Waals surface area contributed by atoms with Crippen LogP contribution >= 0.6 is 0 Å². The second-order valence-electron chi connectivity index (χ2n) is 6.20. The van der Waals surface area contributed by atoms with Gasteiger partial charge in [0, 0.05) is 6.92 Å². The van der Waals surface area contributed by atoms with Gasteiger partial charge in [-0.15, -0.1) is 0 Å². The predicted molar refractivity (Wildman–Crippen MR) is 101 cm³/mol. The number of esters is 2. The maximum atomic E-state index is 12.5. The minimum Gasteiger partial charge on any atom is -0.487 e. The van der Waals surface area contributed by atoms with E-state index in [2.05, 4.69) is 0 Å². The van der Waals surface area contributed by atoms with Gasteiger partial charge in [0.05, 0.1) is 17.1 Å². The largest absolute Gasteiger partial charge is 0.487 e. The molecule has 0 aliphatic rings. The van der Waals surface area contributed by atoms with Crippen molar-refractivity contribution in [2.75, 3.05) is 0 Å². The summed E-state index contributed by atoms with van der Waals surface area (Å²) in [5.41, 5.74) is -0.599. The lowest BCUT2D eigenvalue weighted by Gasteiger charge is -2.14. The highest BCUT2D eigenvalue weighted by Gasteiger charge is 2.24. The second kappa shape index (κ2) is 7.96. The number of carbonyl (C=O) groups excluding carboxylic acids is 2. The third kappa shape index (κ3) is 4.03. The minimum atomic E-state index is -0.960. The summed E-state index contributed by atoms with van der Waals surface area (Å²) in [7, 11) is 0.